The van der Waals surface area contributed by atoms with E-state index < -0.39 is 19.2 Å². The molecule has 0 radical (unpaired) electrons. The molecule has 0 aliphatic heterocycles. The lowest BCUT2D eigenvalue weighted by Gasteiger charge is -2.27. The van der Waals surface area contributed by atoms with Gasteiger partial charge in [-0.05, 0) is 61.6 Å². The van der Waals surface area contributed by atoms with Crippen molar-refractivity contribution in [3.8, 4) is 5.75 Å². The number of halogens is 5. The van der Waals surface area contributed by atoms with E-state index >= 15 is 0 Å². The van der Waals surface area contributed by atoms with Crippen molar-refractivity contribution in [2.24, 2.45) is 5.92 Å². The third kappa shape index (κ3) is 6.49. The van der Waals surface area contributed by atoms with Gasteiger partial charge >= 0.3 is 12.8 Å². The van der Waals surface area contributed by atoms with Crippen LogP contribution in [0.2, 0.25) is 0 Å². The summed E-state index contributed by atoms with van der Waals surface area (Å²) in [6.45, 7) is -2.82. The monoisotopic (exact) mass is 348 g/mol. The standard InChI is InChI=1S/C18H21F5O/c19-17(20)24-16-10-8-15(9-11-16)14-6-4-13(5-7-14)3-1-2-12-18(21,22)23/h1,3,8-11,13-14,17H,2,4-7,12H2/b3-1+. The summed E-state index contributed by atoms with van der Waals surface area (Å²) < 4.78 is 64.8. The Labute approximate surface area is 138 Å². The first kappa shape index (κ1) is 18.7. The zero-order valence-corrected chi connectivity index (χ0v) is 13.2. The highest BCUT2D eigenvalue weighted by Crippen LogP contribution is 2.37. The lowest BCUT2D eigenvalue weighted by Crippen LogP contribution is -2.12. The van der Waals surface area contributed by atoms with Crippen molar-refractivity contribution in [2.45, 2.75) is 57.2 Å². The van der Waals surface area contributed by atoms with Crippen molar-refractivity contribution < 1.29 is 26.7 Å². The summed E-state index contributed by atoms with van der Waals surface area (Å²) in [4.78, 5) is 0. The van der Waals surface area contributed by atoms with Crippen LogP contribution in [0.15, 0.2) is 36.4 Å². The smallest absolute Gasteiger partial charge is 0.389 e. The predicted octanol–water partition coefficient (Wildman–Crippen LogP) is 6.46. The van der Waals surface area contributed by atoms with Crippen LogP contribution in [0.3, 0.4) is 0 Å². The van der Waals surface area contributed by atoms with Crippen molar-refractivity contribution in [3.05, 3.63) is 42.0 Å². The van der Waals surface area contributed by atoms with Gasteiger partial charge < -0.3 is 4.74 Å². The second kappa shape index (κ2) is 8.49. The Balaban J connectivity index is 1.77. The summed E-state index contributed by atoms with van der Waals surface area (Å²) in [6.07, 6.45) is 2.47. The zero-order chi connectivity index (χ0) is 17.6. The van der Waals surface area contributed by atoms with Crippen LogP contribution in [-0.2, 0) is 0 Å². The fourth-order valence-electron chi connectivity index (χ4n) is 3.10. The Morgan fingerprint density at radius 3 is 2.21 bits per heavy atom. The SMILES string of the molecule is FC(F)Oc1ccc(C2CCC(/C=C/CCC(F)(F)F)CC2)cc1. The van der Waals surface area contributed by atoms with Crippen molar-refractivity contribution >= 4 is 0 Å². The van der Waals surface area contributed by atoms with Crippen LogP contribution in [0.5, 0.6) is 5.75 Å². The Morgan fingerprint density at radius 2 is 1.67 bits per heavy atom. The normalized spacial score (nSPS) is 22.2. The quantitative estimate of drug-likeness (QED) is 0.423. The molecular formula is C18H21F5O. The summed E-state index contributed by atoms with van der Waals surface area (Å²) in [5.74, 6) is 0.844. The first-order valence-electron chi connectivity index (χ1n) is 8.11. The van der Waals surface area contributed by atoms with E-state index in [2.05, 4.69) is 4.74 Å². The molecule has 24 heavy (non-hydrogen) atoms. The van der Waals surface area contributed by atoms with Crippen LogP contribution in [0.4, 0.5) is 22.0 Å². The van der Waals surface area contributed by atoms with Gasteiger partial charge in [0.15, 0.2) is 0 Å². The molecule has 1 aliphatic rings. The van der Waals surface area contributed by atoms with Gasteiger partial charge in [0.2, 0.25) is 0 Å². The van der Waals surface area contributed by atoms with Crippen LogP contribution in [0.1, 0.15) is 50.0 Å². The van der Waals surface area contributed by atoms with E-state index in [0.29, 0.717) is 11.8 Å². The number of allylic oxidation sites excluding steroid dienone is 2. The Morgan fingerprint density at radius 1 is 1.04 bits per heavy atom. The number of benzene rings is 1. The van der Waals surface area contributed by atoms with E-state index in [1.807, 2.05) is 18.2 Å². The molecule has 134 valence electrons. The largest absolute Gasteiger partial charge is 0.435 e. The summed E-state index contributed by atoms with van der Waals surface area (Å²) in [7, 11) is 0. The average molecular weight is 348 g/mol. The molecule has 0 saturated heterocycles. The molecule has 0 atom stereocenters. The number of hydrogen-bond acceptors (Lipinski definition) is 1. The lowest BCUT2D eigenvalue weighted by molar-refractivity contribution is -0.133. The third-order valence-electron chi connectivity index (χ3n) is 4.35. The lowest BCUT2D eigenvalue weighted by atomic mass is 9.78. The van der Waals surface area contributed by atoms with Crippen molar-refractivity contribution in [1.29, 1.82) is 0 Å². The minimum atomic E-state index is -4.10. The van der Waals surface area contributed by atoms with E-state index in [-0.39, 0.29) is 12.2 Å². The molecule has 0 spiro atoms. The second-order valence-electron chi connectivity index (χ2n) is 6.14. The molecule has 1 fully saturated rings. The Kier molecular flexibility index (Phi) is 6.63. The fraction of sp³-hybridized carbons (Fsp3) is 0.556. The van der Waals surface area contributed by atoms with Gasteiger partial charge in [-0.15, -0.1) is 0 Å². The van der Waals surface area contributed by atoms with Gasteiger partial charge in [0.05, 0.1) is 0 Å². The van der Waals surface area contributed by atoms with E-state index in [1.165, 1.54) is 0 Å². The van der Waals surface area contributed by atoms with Gasteiger partial charge in [-0.25, -0.2) is 0 Å². The summed E-state index contributed by atoms with van der Waals surface area (Å²) in [6, 6.07) is 6.71. The predicted molar refractivity (Wildman–Crippen MR) is 82.2 cm³/mol. The fourth-order valence-corrected chi connectivity index (χ4v) is 3.10. The van der Waals surface area contributed by atoms with Crippen LogP contribution < -0.4 is 4.74 Å². The second-order valence-corrected chi connectivity index (χ2v) is 6.14. The molecule has 1 aromatic carbocycles. The molecule has 0 aromatic heterocycles. The molecule has 0 bridgehead atoms. The van der Waals surface area contributed by atoms with Crippen molar-refractivity contribution in [2.75, 3.05) is 0 Å². The highest BCUT2D eigenvalue weighted by atomic mass is 19.4. The summed E-state index contributed by atoms with van der Waals surface area (Å²) in [5.41, 5.74) is 1.09. The molecule has 0 amide bonds. The number of hydrogen-bond donors (Lipinski definition) is 0. The van der Waals surface area contributed by atoms with Crippen LogP contribution in [0.25, 0.3) is 0 Å². The topological polar surface area (TPSA) is 9.23 Å². The Hall–Kier alpha value is -1.59. The molecular weight excluding hydrogens is 327 g/mol. The first-order chi connectivity index (χ1) is 11.3. The van der Waals surface area contributed by atoms with Crippen LogP contribution >= 0.6 is 0 Å². The third-order valence-corrected chi connectivity index (χ3v) is 4.35. The van der Waals surface area contributed by atoms with Gasteiger partial charge in [0.1, 0.15) is 5.75 Å². The van der Waals surface area contributed by atoms with Crippen molar-refractivity contribution in [1.82, 2.24) is 0 Å². The van der Waals surface area contributed by atoms with Crippen LogP contribution in [-0.4, -0.2) is 12.8 Å². The number of rotatable bonds is 6. The molecule has 6 heteroatoms. The maximum Gasteiger partial charge on any atom is 0.389 e. The van der Waals surface area contributed by atoms with Crippen molar-refractivity contribution in [3.63, 3.8) is 0 Å². The first-order valence-corrected chi connectivity index (χ1v) is 8.11. The van der Waals surface area contributed by atoms with Gasteiger partial charge in [0.25, 0.3) is 0 Å². The molecule has 0 unspecified atom stereocenters. The summed E-state index contributed by atoms with van der Waals surface area (Å²) >= 11 is 0. The molecule has 0 N–H and O–H groups in total. The maximum absolute atomic E-state index is 12.1. The minimum Gasteiger partial charge on any atom is -0.435 e. The van der Waals surface area contributed by atoms with Gasteiger partial charge in [-0.2, -0.15) is 22.0 Å². The van der Waals surface area contributed by atoms with Gasteiger partial charge in [-0.3, -0.25) is 0 Å². The molecule has 2 rings (SSSR count). The number of alkyl halides is 5. The maximum atomic E-state index is 12.1. The number of ether oxygens (including phenoxy) is 1. The van der Waals surface area contributed by atoms with E-state index in [0.717, 1.165) is 31.2 Å². The Bertz CT molecular complexity index is 513. The zero-order valence-electron chi connectivity index (χ0n) is 13.2. The average Bonchev–Trinajstić information content (AvgIpc) is 2.52. The summed E-state index contributed by atoms with van der Waals surface area (Å²) in [5, 5.41) is 0. The van der Waals surface area contributed by atoms with E-state index in [4.69, 9.17) is 0 Å². The van der Waals surface area contributed by atoms with Crippen LogP contribution in [0, 0.1) is 5.92 Å². The molecule has 1 aromatic rings. The van der Waals surface area contributed by atoms with Gasteiger partial charge in [-0.1, -0.05) is 24.3 Å². The van der Waals surface area contributed by atoms with E-state index in [1.54, 1.807) is 18.2 Å². The van der Waals surface area contributed by atoms with E-state index in [9.17, 15) is 22.0 Å². The molecule has 1 saturated carbocycles. The molecule has 1 aliphatic carbocycles. The minimum absolute atomic E-state index is 0.0367. The highest BCUT2D eigenvalue weighted by molar-refractivity contribution is 5.29. The molecule has 0 heterocycles. The highest BCUT2D eigenvalue weighted by Gasteiger charge is 2.25. The van der Waals surface area contributed by atoms with Gasteiger partial charge in [0, 0.05) is 6.42 Å². The molecule has 1 nitrogen and oxygen atoms in total.